The van der Waals surface area contributed by atoms with Crippen molar-refractivity contribution in [3.8, 4) is 0 Å². The van der Waals surface area contributed by atoms with Gasteiger partial charge in [0.05, 0.1) is 0 Å². The van der Waals surface area contributed by atoms with E-state index in [9.17, 15) is 9.59 Å². The summed E-state index contributed by atoms with van der Waals surface area (Å²) >= 11 is 0. The molecule has 0 atom stereocenters. The molecule has 23 heavy (non-hydrogen) atoms. The maximum absolute atomic E-state index is 13.3. The van der Waals surface area contributed by atoms with Gasteiger partial charge in [0, 0.05) is 13.1 Å². The van der Waals surface area contributed by atoms with Crippen molar-refractivity contribution in [3.05, 3.63) is 0 Å². The number of amides is 2. The van der Waals surface area contributed by atoms with Crippen molar-refractivity contribution < 1.29 is 9.59 Å². The number of hydrogen-bond donors (Lipinski definition) is 1. The van der Waals surface area contributed by atoms with E-state index in [1.54, 1.807) is 0 Å². The topological polar surface area (TPSA) is 63.4 Å². The average molecular weight is 327 g/mol. The van der Waals surface area contributed by atoms with Gasteiger partial charge in [-0.2, -0.15) is 0 Å². The lowest BCUT2D eigenvalue weighted by Gasteiger charge is -2.35. The second kappa shape index (κ2) is 12.4. The molecule has 0 saturated heterocycles. The molecule has 0 bridgehead atoms. The molecular weight excluding hydrogens is 288 g/mol. The van der Waals surface area contributed by atoms with Gasteiger partial charge < -0.3 is 10.6 Å². The molecule has 0 fully saturated rings. The molecule has 0 aromatic rings. The monoisotopic (exact) mass is 326 g/mol. The maximum Gasteiger partial charge on any atom is 0.238 e. The third-order valence-corrected chi connectivity index (χ3v) is 4.65. The summed E-state index contributed by atoms with van der Waals surface area (Å²) in [5.41, 5.74) is 4.77. The molecule has 2 N–H and O–H groups in total. The largest absolute Gasteiger partial charge is 0.369 e. The molecule has 0 aliphatic carbocycles. The molecule has 4 heteroatoms. The summed E-state index contributed by atoms with van der Waals surface area (Å²) in [6.07, 6.45) is 8.90. The highest BCUT2D eigenvalue weighted by Crippen LogP contribution is 2.33. The standard InChI is InChI=1S/C19H38N2O2/c1-5-9-13-19(17(20)22,14-10-6-2)18(23)21(15-11-7-3)16-12-8-4/h5-16H2,1-4H3,(H2,20,22). The molecule has 0 unspecified atom stereocenters. The predicted molar refractivity (Wildman–Crippen MR) is 97.1 cm³/mol. The van der Waals surface area contributed by atoms with Crippen molar-refractivity contribution in [1.82, 2.24) is 4.90 Å². The van der Waals surface area contributed by atoms with Crippen molar-refractivity contribution in [1.29, 1.82) is 0 Å². The summed E-state index contributed by atoms with van der Waals surface area (Å²) in [4.78, 5) is 27.5. The Bertz CT molecular complexity index is 326. The van der Waals surface area contributed by atoms with Crippen molar-refractivity contribution in [3.63, 3.8) is 0 Å². The number of nitrogens with two attached hydrogens (primary N) is 1. The minimum Gasteiger partial charge on any atom is -0.369 e. The van der Waals surface area contributed by atoms with E-state index in [0.29, 0.717) is 12.8 Å². The number of nitrogens with zero attached hydrogens (tertiary/aromatic N) is 1. The Hall–Kier alpha value is -1.06. The number of carbonyl (C=O) groups excluding carboxylic acids is 2. The maximum atomic E-state index is 13.3. The van der Waals surface area contributed by atoms with Crippen LogP contribution < -0.4 is 5.73 Å². The summed E-state index contributed by atoms with van der Waals surface area (Å²) in [6, 6.07) is 0. The van der Waals surface area contributed by atoms with Crippen molar-refractivity contribution >= 4 is 11.8 Å². The van der Waals surface area contributed by atoms with Crippen LogP contribution >= 0.6 is 0 Å². The molecule has 0 aromatic carbocycles. The van der Waals surface area contributed by atoms with Gasteiger partial charge in [-0.25, -0.2) is 0 Å². The van der Waals surface area contributed by atoms with Crippen LogP contribution in [0.25, 0.3) is 0 Å². The van der Waals surface area contributed by atoms with Gasteiger partial charge in [-0.1, -0.05) is 66.2 Å². The fourth-order valence-corrected chi connectivity index (χ4v) is 2.96. The van der Waals surface area contributed by atoms with E-state index in [1.165, 1.54) is 0 Å². The highest BCUT2D eigenvalue weighted by molar-refractivity contribution is 6.04. The smallest absolute Gasteiger partial charge is 0.238 e. The lowest BCUT2D eigenvalue weighted by atomic mass is 9.76. The molecule has 0 aliphatic rings. The molecule has 0 radical (unpaired) electrons. The van der Waals surface area contributed by atoms with Crippen molar-refractivity contribution in [2.75, 3.05) is 13.1 Å². The summed E-state index contributed by atoms with van der Waals surface area (Å²) in [6.45, 7) is 9.89. The van der Waals surface area contributed by atoms with Crippen LogP contribution in [0.4, 0.5) is 0 Å². The Morgan fingerprint density at radius 2 is 1.17 bits per heavy atom. The first-order valence-corrected chi connectivity index (χ1v) is 9.59. The second-order valence-electron chi connectivity index (χ2n) is 6.65. The molecule has 0 spiro atoms. The first kappa shape index (κ1) is 21.9. The molecule has 0 rings (SSSR count). The Morgan fingerprint density at radius 1 is 0.783 bits per heavy atom. The zero-order valence-corrected chi connectivity index (χ0v) is 15.8. The molecule has 0 aliphatic heterocycles. The molecule has 2 amide bonds. The minimum absolute atomic E-state index is 0.0196. The van der Waals surface area contributed by atoms with Gasteiger partial charge in [0.25, 0.3) is 0 Å². The highest BCUT2D eigenvalue weighted by atomic mass is 16.2. The van der Waals surface area contributed by atoms with Crippen LogP contribution in [0.5, 0.6) is 0 Å². The van der Waals surface area contributed by atoms with Crippen LogP contribution in [0.15, 0.2) is 0 Å². The van der Waals surface area contributed by atoms with E-state index >= 15 is 0 Å². The molecule has 0 heterocycles. The lowest BCUT2D eigenvalue weighted by Crippen LogP contribution is -2.52. The van der Waals surface area contributed by atoms with E-state index < -0.39 is 11.3 Å². The number of carbonyl (C=O) groups is 2. The molecule has 0 aromatic heterocycles. The quantitative estimate of drug-likeness (QED) is 0.485. The zero-order valence-electron chi connectivity index (χ0n) is 15.8. The van der Waals surface area contributed by atoms with Gasteiger partial charge in [0.15, 0.2) is 0 Å². The van der Waals surface area contributed by atoms with Gasteiger partial charge >= 0.3 is 0 Å². The summed E-state index contributed by atoms with van der Waals surface area (Å²) < 4.78 is 0. The third kappa shape index (κ3) is 6.92. The van der Waals surface area contributed by atoms with Crippen LogP contribution in [-0.4, -0.2) is 29.8 Å². The van der Waals surface area contributed by atoms with Crippen LogP contribution in [0.1, 0.15) is 91.9 Å². The Morgan fingerprint density at radius 3 is 1.48 bits per heavy atom. The molecule has 136 valence electrons. The zero-order chi connectivity index (χ0) is 17.7. The Labute approximate surface area is 143 Å². The van der Waals surface area contributed by atoms with Gasteiger partial charge in [0.2, 0.25) is 11.8 Å². The van der Waals surface area contributed by atoms with Crippen molar-refractivity contribution in [2.24, 2.45) is 11.1 Å². The molecule has 0 saturated carbocycles. The number of unbranched alkanes of at least 4 members (excludes halogenated alkanes) is 4. The highest BCUT2D eigenvalue weighted by Gasteiger charge is 2.45. The van der Waals surface area contributed by atoms with Gasteiger partial charge in [-0.3, -0.25) is 9.59 Å². The fraction of sp³-hybridized carbons (Fsp3) is 0.895. The summed E-state index contributed by atoms with van der Waals surface area (Å²) in [5.74, 6) is -0.448. The van der Waals surface area contributed by atoms with Crippen LogP contribution in [0.2, 0.25) is 0 Å². The summed E-state index contributed by atoms with van der Waals surface area (Å²) in [7, 11) is 0. The van der Waals surface area contributed by atoms with Gasteiger partial charge in [-0.05, 0) is 25.7 Å². The lowest BCUT2D eigenvalue weighted by molar-refractivity contribution is -0.151. The van der Waals surface area contributed by atoms with Crippen LogP contribution in [-0.2, 0) is 9.59 Å². The third-order valence-electron chi connectivity index (χ3n) is 4.65. The number of rotatable bonds is 14. The van der Waals surface area contributed by atoms with Crippen LogP contribution in [0, 0.1) is 5.41 Å². The Balaban J connectivity index is 5.39. The minimum atomic E-state index is -0.993. The first-order valence-electron chi connectivity index (χ1n) is 9.59. The number of hydrogen-bond acceptors (Lipinski definition) is 2. The Kier molecular flexibility index (Phi) is 11.8. The van der Waals surface area contributed by atoms with E-state index in [0.717, 1.165) is 64.5 Å². The number of primary amides is 1. The van der Waals surface area contributed by atoms with Gasteiger partial charge in [-0.15, -0.1) is 0 Å². The second-order valence-corrected chi connectivity index (χ2v) is 6.65. The first-order chi connectivity index (χ1) is 11.0. The van der Waals surface area contributed by atoms with E-state index in [2.05, 4.69) is 27.7 Å². The van der Waals surface area contributed by atoms with Crippen LogP contribution in [0.3, 0.4) is 0 Å². The predicted octanol–water partition coefficient (Wildman–Crippen LogP) is 4.27. The SMILES string of the molecule is CCCCN(CCCC)C(=O)C(CCCC)(CCCC)C(N)=O. The average Bonchev–Trinajstić information content (AvgIpc) is 2.54. The normalized spacial score (nSPS) is 11.5. The van der Waals surface area contributed by atoms with Gasteiger partial charge in [0.1, 0.15) is 5.41 Å². The fourth-order valence-electron chi connectivity index (χ4n) is 2.96. The van der Waals surface area contributed by atoms with Crippen molar-refractivity contribution in [2.45, 2.75) is 91.9 Å². The van der Waals surface area contributed by atoms with E-state index in [4.69, 9.17) is 5.73 Å². The van der Waals surface area contributed by atoms with E-state index in [-0.39, 0.29) is 5.91 Å². The molecule has 4 nitrogen and oxygen atoms in total. The summed E-state index contributed by atoms with van der Waals surface area (Å²) in [5, 5.41) is 0. The molecular formula is C19H38N2O2. The van der Waals surface area contributed by atoms with E-state index in [1.807, 2.05) is 4.90 Å².